The van der Waals surface area contributed by atoms with E-state index in [1.54, 1.807) is 0 Å². The van der Waals surface area contributed by atoms with Crippen molar-refractivity contribution in [2.45, 2.75) is 64.6 Å². The lowest BCUT2D eigenvalue weighted by Crippen LogP contribution is -2.43. The Labute approximate surface area is 129 Å². The van der Waals surface area contributed by atoms with Gasteiger partial charge >= 0.3 is 0 Å². The van der Waals surface area contributed by atoms with Crippen LogP contribution in [0.15, 0.2) is 24.3 Å². The highest BCUT2D eigenvalue weighted by molar-refractivity contribution is 5.30. The fraction of sp³-hybridized carbons (Fsp3) is 0.667. The van der Waals surface area contributed by atoms with E-state index in [1.165, 1.54) is 18.4 Å². The van der Waals surface area contributed by atoms with Crippen molar-refractivity contribution < 1.29 is 4.74 Å². The molecule has 0 radical (unpaired) electrons. The number of nitrogens with zero attached hydrogens (tertiary/aromatic N) is 1. The minimum absolute atomic E-state index is 0.220. The zero-order valence-corrected chi connectivity index (χ0v) is 13.7. The van der Waals surface area contributed by atoms with Crippen LogP contribution < -0.4 is 10.5 Å². The summed E-state index contributed by atoms with van der Waals surface area (Å²) in [5.41, 5.74) is 7.81. The van der Waals surface area contributed by atoms with Crippen molar-refractivity contribution >= 4 is 0 Å². The van der Waals surface area contributed by atoms with Gasteiger partial charge in [0.05, 0.1) is 12.6 Å². The minimum Gasteiger partial charge on any atom is -0.494 e. The van der Waals surface area contributed by atoms with Crippen LogP contribution in [0.1, 0.15) is 58.1 Å². The van der Waals surface area contributed by atoms with Crippen molar-refractivity contribution in [2.24, 2.45) is 5.73 Å². The predicted molar refractivity (Wildman–Crippen MR) is 88.6 cm³/mol. The fourth-order valence-electron chi connectivity index (χ4n) is 3.22. The number of likely N-dealkylation sites (tertiary alicyclic amines) is 1. The van der Waals surface area contributed by atoms with Crippen LogP contribution in [0.3, 0.4) is 0 Å². The molecule has 2 rings (SSSR count). The van der Waals surface area contributed by atoms with Crippen LogP contribution >= 0.6 is 0 Å². The summed E-state index contributed by atoms with van der Waals surface area (Å²) in [7, 11) is 0. The second-order valence-corrected chi connectivity index (χ2v) is 6.35. The van der Waals surface area contributed by atoms with Crippen LogP contribution in [0.5, 0.6) is 5.75 Å². The minimum atomic E-state index is 0.220. The Morgan fingerprint density at radius 3 is 2.57 bits per heavy atom. The lowest BCUT2D eigenvalue weighted by molar-refractivity contribution is 0.144. The molecule has 2 atom stereocenters. The third-order valence-corrected chi connectivity index (χ3v) is 4.32. The van der Waals surface area contributed by atoms with Crippen LogP contribution in [0.2, 0.25) is 0 Å². The highest BCUT2D eigenvalue weighted by atomic mass is 16.5. The highest BCUT2D eigenvalue weighted by Crippen LogP contribution is 2.31. The number of nitrogens with two attached hydrogens (primary N) is 1. The van der Waals surface area contributed by atoms with Gasteiger partial charge in [0.25, 0.3) is 0 Å². The second-order valence-electron chi connectivity index (χ2n) is 6.35. The smallest absolute Gasteiger partial charge is 0.119 e. The van der Waals surface area contributed by atoms with Gasteiger partial charge in [-0.25, -0.2) is 0 Å². The van der Waals surface area contributed by atoms with Gasteiger partial charge in [0.2, 0.25) is 0 Å². The molecule has 1 aliphatic rings. The van der Waals surface area contributed by atoms with Gasteiger partial charge in [0.15, 0.2) is 0 Å². The van der Waals surface area contributed by atoms with E-state index >= 15 is 0 Å². The Morgan fingerprint density at radius 2 is 1.95 bits per heavy atom. The third kappa shape index (κ3) is 4.21. The first-order valence-corrected chi connectivity index (χ1v) is 8.37. The van der Waals surface area contributed by atoms with Crippen LogP contribution in [-0.2, 0) is 0 Å². The monoisotopic (exact) mass is 290 g/mol. The van der Waals surface area contributed by atoms with Gasteiger partial charge in [-0.05, 0) is 57.4 Å². The van der Waals surface area contributed by atoms with Crippen molar-refractivity contribution in [3.63, 3.8) is 0 Å². The molecule has 1 aromatic rings. The largest absolute Gasteiger partial charge is 0.494 e. The molecular formula is C18H30N2O. The summed E-state index contributed by atoms with van der Waals surface area (Å²) in [6.07, 6.45) is 4.64. The van der Waals surface area contributed by atoms with Gasteiger partial charge < -0.3 is 10.5 Å². The lowest BCUT2D eigenvalue weighted by atomic mass is 9.95. The van der Waals surface area contributed by atoms with Crippen molar-refractivity contribution in [3.05, 3.63) is 29.8 Å². The Bertz CT molecular complexity index is 416. The van der Waals surface area contributed by atoms with Crippen molar-refractivity contribution in [1.29, 1.82) is 0 Å². The number of rotatable bonds is 5. The molecule has 0 aliphatic carbocycles. The number of hydrogen-bond donors (Lipinski definition) is 1. The molecule has 1 fully saturated rings. The maximum atomic E-state index is 6.48. The topological polar surface area (TPSA) is 38.5 Å². The molecular weight excluding hydrogens is 260 g/mol. The molecule has 0 bridgehead atoms. The van der Waals surface area contributed by atoms with E-state index in [-0.39, 0.29) is 6.04 Å². The van der Waals surface area contributed by atoms with E-state index in [1.807, 2.05) is 0 Å². The first-order chi connectivity index (χ1) is 10.1. The van der Waals surface area contributed by atoms with E-state index in [0.717, 1.165) is 31.7 Å². The molecule has 2 unspecified atom stereocenters. The third-order valence-electron chi connectivity index (χ3n) is 4.32. The van der Waals surface area contributed by atoms with E-state index in [0.29, 0.717) is 12.1 Å². The van der Waals surface area contributed by atoms with Gasteiger partial charge in [-0.1, -0.05) is 25.5 Å². The van der Waals surface area contributed by atoms with E-state index in [9.17, 15) is 0 Å². The zero-order chi connectivity index (χ0) is 15.2. The number of benzene rings is 1. The van der Waals surface area contributed by atoms with Gasteiger partial charge in [-0.2, -0.15) is 0 Å². The standard InChI is InChI=1S/C18H30N2O/c1-4-13-21-16-10-8-15(9-11-16)18-17(19)7-5-6-12-20(18)14(2)3/h8-11,14,17-18H,4-7,12-13,19H2,1-3H3. The molecule has 1 aliphatic heterocycles. The SMILES string of the molecule is CCCOc1ccc(C2C(N)CCCCN2C(C)C)cc1. The summed E-state index contributed by atoms with van der Waals surface area (Å²) in [5.74, 6) is 0.957. The Kier molecular flexibility index (Phi) is 6.07. The summed E-state index contributed by atoms with van der Waals surface area (Å²) in [5, 5.41) is 0. The maximum absolute atomic E-state index is 6.48. The van der Waals surface area contributed by atoms with Crippen LogP contribution in [-0.4, -0.2) is 30.1 Å². The van der Waals surface area contributed by atoms with Crippen molar-refractivity contribution in [3.8, 4) is 5.75 Å². The van der Waals surface area contributed by atoms with E-state index < -0.39 is 0 Å². The lowest BCUT2D eigenvalue weighted by Gasteiger charge is -2.36. The van der Waals surface area contributed by atoms with Gasteiger partial charge in [-0.15, -0.1) is 0 Å². The summed E-state index contributed by atoms with van der Waals surface area (Å²) < 4.78 is 5.68. The molecule has 1 aromatic carbocycles. The normalized spacial score (nSPS) is 24.0. The molecule has 21 heavy (non-hydrogen) atoms. The summed E-state index contributed by atoms with van der Waals surface area (Å²) in [4.78, 5) is 2.56. The highest BCUT2D eigenvalue weighted by Gasteiger charge is 2.30. The first kappa shape index (κ1) is 16.3. The zero-order valence-electron chi connectivity index (χ0n) is 13.7. The van der Waals surface area contributed by atoms with E-state index in [2.05, 4.69) is 49.9 Å². The Morgan fingerprint density at radius 1 is 1.24 bits per heavy atom. The van der Waals surface area contributed by atoms with Crippen molar-refractivity contribution in [1.82, 2.24) is 4.90 Å². The van der Waals surface area contributed by atoms with Crippen LogP contribution in [0.25, 0.3) is 0 Å². The average molecular weight is 290 g/mol. The Hall–Kier alpha value is -1.06. The molecule has 0 saturated carbocycles. The van der Waals surface area contributed by atoms with Crippen molar-refractivity contribution in [2.75, 3.05) is 13.2 Å². The number of ether oxygens (including phenoxy) is 1. The molecule has 118 valence electrons. The maximum Gasteiger partial charge on any atom is 0.119 e. The Balaban J connectivity index is 2.18. The molecule has 0 aromatic heterocycles. The quantitative estimate of drug-likeness (QED) is 0.898. The second kappa shape index (κ2) is 7.81. The predicted octanol–water partition coefficient (Wildman–Crippen LogP) is 3.74. The summed E-state index contributed by atoms with van der Waals surface area (Å²) in [6.45, 7) is 8.58. The molecule has 3 nitrogen and oxygen atoms in total. The molecule has 2 N–H and O–H groups in total. The molecule has 0 amide bonds. The van der Waals surface area contributed by atoms with E-state index in [4.69, 9.17) is 10.5 Å². The summed E-state index contributed by atoms with van der Waals surface area (Å²) >= 11 is 0. The molecule has 0 spiro atoms. The molecule has 1 heterocycles. The average Bonchev–Trinajstić information content (AvgIpc) is 2.67. The van der Waals surface area contributed by atoms with Crippen LogP contribution in [0, 0.1) is 0 Å². The molecule has 1 saturated heterocycles. The van der Waals surface area contributed by atoms with Crippen LogP contribution in [0.4, 0.5) is 0 Å². The first-order valence-electron chi connectivity index (χ1n) is 8.37. The molecule has 3 heteroatoms. The fourth-order valence-corrected chi connectivity index (χ4v) is 3.22. The number of hydrogen-bond acceptors (Lipinski definition) is 3. The van der Waals surface area contributed by atoms with Gasteiger partial charge in [-0.3, -0.25) is 4.90 Å². The van der Waals surface area contributed by atoms with Gasteiger partial charge in [0, 0.05) is 12.1 Å². The summed E-state index contributed by atoms with van der Waals surface area (Å²) in [6, 6.07) is 9.62. The van der Waals surface area contributed by atoms with Gasteiger partial charge in [0.1, 0.15) is 5.75 Å².